The van der Waals surface area contributed by atoms with Crippen molar-refractivity contribution in [2.24, 2.45) is 35.5 Å². The molecule has 4 heterocycles. The molecule has 2 N–H and O–H groups in total. The number of esters is 1. The normalized spacial score (nSPS) is 26.5. The second kappa shape index (κ2) is 25.2. The molecular formula is C47H70N4O13. The average molecular weight is 899 g/mol. The van der Waals surface area contributed by atoms with Crippen LogP contribution in [0, 0.1) is 35.5 Å². The maximum absolute atomic E-state index is 13.7. The van der Waals surface area contributed by atoms with Gasteiger partial charge in [-0.2, -0.15) is 0 Å². The number of carbonyl (C=O) groups is 3. The molecule has 1 amide bonds. The molecule has 0 saturated carbocycles. The van der Waals surface area contributed by atoms with Crippen LogP contribution in [0.4, 0.5) is 0 Å². The van der Waals surface area contributed by atoms with Gasteiger partial charge in [0.1, 0.15) is 42.5 Å². The fourth-order valence-corrected chi connectivity index (χ4v) is 8.46. The molecule has 0 spiro atoms. The molecule has 4 rings (SSSR count). The first-order valence-corrected chi connectivity index (χ1v) is 22.1. The summed E-state index contributed by atoms with van der Waals surface area (Å²) < 4.78 is 46.8. The first-order chi connectivity index (χ1) is 30.5. The zero-order chi connectivity index (χ0) is 47.1. The van der Waals surface area contributed by atoms with Gasteiger partial charge in [0.05, 0.1) is 36.9 Å². The summed E-state index contributed by atoms with van der Waals surface area (Å²) in [5, 5.41) is 22.5. The quantitative estimate of drug-likeness (QED) is 0.108. The third kappa shape index (κ3) is 14.5. The van der Waals surface area contributed by atoms with Crippen LogP contribution in [-0.4, -0.2) is 120 Å². The van der Waals surface area contributed by atoms with Gasteiger partial charge in [-0.1, -0.05) is 53.7 Å². The van der Waals surface area contributed by atoms with Gasteiger partial charge < -0.3 is 52.0 Å². The SMILES string of the molecule is CO[C@H]([C@@H](C)C=CN(C)C=O)[C@@H](C)C(=O)CC[C@@H](C)[C@H](C[C@H]1OC(=O)C[C@@H](O)C[C@@H](C)C[C@H](O)[C@H](C)[C@@H](OC)c2coc(n2)-c2coc(n2)-c2coc(n2)C=CC[C@@H](OC)[C@H]1C)OC. The van der Waals surface area contributed by atoms with E-state index in [2.05, 4.69) is 15.0 Å². The van der Waals surface area contributed by atoms with Crippen LogP contribution in [0.3, 0.4) is 0 Å². The number of nitrogens with zero attached hydrogens (tertiary/aromatic N) is 4. The molecule has 0 saturated heterocycles. The van der Waals surface area contributed by atoms with Crippen molar-refractivity contribution in [3.05, 3.63) is 48.7 Å². The van der Waals surface area contributed by atoms with Crippen LogP contribution in [0.15, 0.2) is 50.4 Å². The Hall–Kier alpha value is -4.52. The van der Waals surface area contributed by atoms with Crippen molar-refractivity contribution in [1.29, 1.82) is 0 Å². The number of rotatable bonds is 16. The number of aliphatic hydroxyl groups is 2. The standard InChI is InChI=1S/C47H70N4O13/c1-27-19-33(53)21-43(56)64-41(22-40(58-9)28(2)15-16-37(54)30(4)44(59-10)29(3)17-18-51(7)26-52)32(6)39(57-8)13-12-14-42-48-35(24-61-42)46-50-36(25-63-46)47-49-34(23-62-47)45(60-11)31(5)38(55)20-27/h12,14,17-18,23-33,38-41,44-45,53,55H,13,15-16,19-22H2,1-11H3/t27-,28-,29+,30+,31+,32-,33+,38+,39-,40+,41-,44-,45-/m1/s1. The Labute approximate surface area is 376 Å². The Balaban J connectivity index is 1.55. The first-order valence-electron chi connectivity index (χ1n) is 22.1. The maximum atomic E-state index is 13.7. The number of ether oxygens (including phenoxy) is 5. The van der Waals surface area contributed by atoms with Crippen molar-refractivity contribution in [2.75, 3.05) is 35.5 Å². The van der Waals surface area contributed by atoms with Gasteiger partial charge in [0.2, 0.25) is 24.1 Å². The number of hydrogen-bond donors (Lipinski definition) is 2. The predicted molar refractivity (Wildman–Crippen MR) is 236 cm³/mol. The number of carbonyl (C=O) groups excluding carboxylic acids is 3. The Morgan fingerprint density at radius 3 is 2.28 bits per heavy atom. The van der Waals surface area contributed by atoms with Gasteiger partial charge >= 0.3 is 5.97 Å². The van der Waals surface area contributed by atoms with E-state index in [1.807, 2.05) is 53.7 Å². The molecule has 17 heteroatoms. The number of fused-ring (bicyclic) bond motifs is 8. The lowest BCUT2D eigenvalue weighted by Gasteiger charge is -2.34. The number of methoxy groups -OCH3 is 4. The van der Waals surface area contributed by atoms with E-state index in [9.17, 15) is 24.6 Å². The molecule has 0 aromatic carbocycles. The maximum Gasteiger partial charge on any atom is 0.308 e. The second-order valence-electron chi connectivity index (χ2n) is 17.5. The van der Waals surface area contributed by atoms with E-state index in [0.717, 1.165) is 0 Å². The van der Waals surface area contributed by atoms with Gasteiger partial charge in [0.25, 0.3) is 0 Å². The highest BCUT2D eigenvalue weighted by Crippen LogP contribution is 2.34. The van der Waals surface area contributed by atoms with E-state index in [0.29, 0.717) is 55.1 Å². The Morgan fingerprint density at radius 1 is 0.922 bits per heavy atom. The van der Waals surface area contributed by atoms with Crippen LogP contribution in [0.2, 0.25) is 0 Å². The van der Waals surface area contributed by atoms with E-state index in [-0.39, 0.29) is 66.6 Å². The highest BCUT2D eigenvalue weighted by Gasteiger charge is 2.35. The molecule has 356 valence electrons. The summed E-state index contributed by atoms with van der Waals surface area (Å²) in [6.07, 6.45) is 9.48. The molecule has 13 atom stereocenters. The largest absolute Gasteiger partial charge is 0.462 e. The van der Waals surface area contributed by atoms with Crippen LogP contribution < -0.4 is 0 Å². The van der Waals surface area contributed by atoms with Crippen molar-refractivity contribution in [3.63, 3.8) is 0 Å². The van der Waals surface area contributed by atoms with E-state index >= 15 is 0 Å². The number of hydrogen-bond acceptors (Lipinski definition) is 16. The van der Waals surface area contributed by atoms with Crippen LogP contribution in [0.5, 0.6) is 0 Å². The highest BCUT2D eigenvalue weighted by molar-refractivity contribution is 5.81. The average Bonchev–Trinajstić information content (AvgIpc) is 4.07. The summed E-state index contributed by atoms with van der Waals surface area (Å²) in [5.74, 6) is -1.41. The summed E-state index contributed by atoms with van der Waals surface area (Å²) in [6.45, 7) is 11.5. The molecule has 0 fully saturated rings. The highest BCUT2D eigenvalue weighted by atomic mass is 16.6. The fourth-order valence-electron chi connectivity index (χ4n) is 8.46. The Morgan fingerprint density at radius 2 is 1.61 bits per heavy atom. The summed E-state index contributed by atoms with van der Waals surface area (Å²) in [6, 6.07) is 0. The zero-order valence-corrected chi connectivity index (χ0v) is 39.2. The molecule has 17 nitrogen and oxygen atoms in total. The monoisotopic (exact) mass is 898 g/mol. The second-order valence-corrected chi connectivity index (χ2v) is 17.5. The van der Waals surface area contributed by atoms with Crippen LogP contribution in [0.25, 0.3) is 29.2 Å². The van der Waals surface area contributed by atoms with Crippen LogP contribution >= 0.6 is 0 Å². The predicted octanol–water partition coefficient (Wildman–Crippen LogP) is 7.10. The van der Waals surface area contributed by atoms with Crippen molar-refractivity contribution < 1.29 is 61.5 Å². The summed E-state index contributed by atoms with van der Waals surface area (Å²) >= 11 is 0. The van der Waals surface area contributed by atoms with Gasteiger partial charge in [0.15, 0.2) is 11.4 Å². The Bertz CT molecular complexity index is 1940. The minimum Gasteiger partial charge on any atom is -0.462 e. The van der Waals surface area contributed by atoms with Crippen molar-refractivity contribution >= 4 is 24.2 Å². The Kier molecular flexibility index (Phi) is 20.6. The summed E-state index contributed by atoms with van der Waals surface area (Å²) in [5.41, 5.74) is 1.16. The van der Waals surface area contributed by atoms with E-state index in [1.165, 1.54) is 30.8 Å². The number of oxazole rings is 3. The molecule has 3 aromatic heterocycles. The number of amides is 1. The van der Waals surface area contributed by atoms with Crippen LogP contribution in [0.1, 0.15) is 104 Å². The molecule has 64 heavy (non-hydrogen) atoms. The third-order valence-electron chi connectivity index (χ3n) is 12.6. The molecule has 1 aliphatic heterocycles. The molecule has 1 aliphatic rings. The third-order valence-corrected chi connectivity index (χ3v) is 12.6. The van der Waals surface area contributed by atoms with Crippen molar-refractivity contribution in [1.82, 2.24) is 19.9 Å². The van der Waals surface area contributed by atoms with Gasteiger partial charge in [-0.05, 0) is 43.6 Å². The van der Waals surface area contributed by atoms with Gasteiger partial charge in [0, 0.05) is 78.2 Å². The van der Waals surface area contributed by atoms with Gasteiger partial charge in [-0.15, -0.1) is 0 Å². The topological polar surface area (TPSA) is 219 Å². The number of Topliss-reactive ketones (excluding diaryl/α,β-unsaturated/α-hetero) is 1. The molecule has 6 bridgehead atoms. The van der Waals surface area contributed by atoms with Crippen molar-refractivity contribution in [2.45, 2.75) is 129 Å². The van der Waals surface area contributed by atoms with Crippen LogP contribution in [-0.2, 0) is 38.1 Å². The van der Waals surface area contributed by atoms with E-state index < -0.39 is 54.4 Å². The first kappa shape index (κ1) is 52.1. The number of aliphatic hydroxyl groups excluding tert-OH is 2. The number of ketones is 1. The minimum atomic E-state index is -1.03. The van der Waals surface area contributed by atoms with E-state index in [1.54, 1.807) is 40.7 Å². The van der Waals surface area contributed by atoms with Crippen molar-refractivity contribution in [3.8, 4) is 23.2 Å². The smallest absolute Gasteiger partial charge is 0.308 e. The lowest BCUT2D eigenvalue weighted by Crippen LogP contribution is -2.39. The van der Waals surface area contributed by atoms with E-state index in [4.69, 9.17) is 36.9 Å². The molecule has 0 aliphatic carbocycles. The number of cyclic esters (lactones) is 1. The minimum absolute atomic E-state index is 0.0411. The van der Waals surface area contributed by atoms with Gasteiger partial charge in [-0.25, -0.2) is 15.0 Å². The molecule has 0 radical (unpaired) electrons. The zero-order valence-electron chi connectivity index (χ0n) is 39.2. The fraction of sp³-hybridized carbons (Fsp3) is 0.660. The lowest BCUT2D eigenvalue weighted by molar-refractivity contribution is -0.160. The summed E-state index contributed by atoms with van der Waals surface area (Å²) in [4.78, 5) is 53.2. The number of aromatic nitrogens is 3. The molecular weight excluding hydrogens is 829 g/mol. The molecule has 0 unspecified atom stereocenters. The summed E-state index contributed by atoms with van der Waals surface area (Å²) in [7, 11) is 7.94. The lowest BCUT2D eigenvalue weighted by atomic mass is 9.84. The molecule has 3 aromatic rings. The van der Waals surface area contributed by atoms with Gasteiger partial charge in [-0.3, -0.25) is 14.4 Å².